The van der Waals surface area contributed by atoms with Crippen molar-refractivity contribution in [1.29, 1.82) is 0 Å². The number of ether oxygens (including phenoxy) is 1. The number of aromatic nitrogens is 3. The largest absolute Gasteiger partial charge is 0.477 e. The van der Waals surface area contributed by atoms with Crippen LogP contribution in [0.3, 0.4) is 0 Å². The zero-order chi connectivity index (χ0) is 13.7. The molecular weight excluding hydrogens is 239 g/mol. The minimum Gasteiger partial charge on any atom is -0.477 e. The summed E-state index contributed by atoms with van der Waals surface area (Å²) < 4.78 is 7.50. The fraction of sp³-hybridized carbons (Fsp3) is 0.538. The Morgan fingerprint density at radius 2 is 2.11 bits per heavy atom. The van der Waals surface area contributed by atoms with Crippen molar-refractivity contribution in [2.24, 2.45) is 0 Å². The van der Waals surface area contributed by atoms with Crippen LogP contribution in [0.25, 0.3) is 5.65 Å². The van der Waals surface area contributed by atoms with Gasteiger partial charge in [-0.3, -0.25) is 0 Å². The topological polar surface area (TPSA) is 42.7 Å². The van der Waals surface area contributed by atoms with Gasteiger partial charge in [0, 0.05) is 24.4 Å². The first-order valence-corrected chi connectivity index (χ1v) is 6.91. The highest BCUT2D eigenvalue weighted by molar-refractivity contribution is 6.30. The fourth-order valence-corrected chi connectivity index (χ4v) is 2.05. The molecule has 0 atom stereocenters. The first kappa shape index (κ1) is 13.9. The van der Waals surface area contributed by atoms with Gasteiger partial charge in [0.2, 0.25) is 5.88 Å². The van der Waals surface area contributed by atoms with Crippen molar-refractivity contribution in [3.63, 3.8) is 0 Å². The van der Waals surface area contributed by atoms with Crippen molar-refractivity contribution in [3.8, 4) is 5.88 Å². The van der Waals surface area contributed by atoms with Crippen molar-refractivity contribution in [2.45, 2.75) is 20.3 Å². The van der Waals surface area contributed by atoms with E-state index in [1.165, 1.54) is 0 Å². The second-order valence-corrected chi connectivity index (χ2v) is 4.57. The van der Waals surface area contributed by atoms with E-state index in [1.54, 1.807) is 4.52 Å². The first-order chi connectivity index (χ1) is 9.24. The van der Waals surface area contributed by atoms with Gasteiger partial charge in [-0.25, -0.2) is 9.50 Å². The Kier molecular flexibility index (Phi) is 4.79. The van der Waals surface area contributed by atoms with Crippen LogP contribution in [0.5, 0.6) is 5.88 Å². The van der Waals surface area contributed by atoms with Gasteiger partial charge in [0.25, 0.3) is 0 Å². The molecule has 2 rings (SSSR count). The quantitative estimate of drug-likeness (QED) is 0.523. The summed E-state index contributed by atoms with van der Waals surface area (Å²) >= 11 is 0. The average molecular weight is 260 g/mol. The van der Waals surface area contributed by atoms with Crippen LogP contribution in [-0.2, 0) is 0 Å². The molecule has 0 amide bonds. The van der Waals surface area contributed by atoms with E-state index in [0.717, 1.165) is 37.3 Å². The predicted molar refractivity (Wildman–Crippen MR) is 79.1 cm³/mol. The summed E-state index contributed by atoms with van der Waals surface area (Å²) in [6.07, 6.45) is 2.83. The maximum absolute atomic E-state index is 5.69. The molecule has 0 unspecified atom stereocenters. The smallest absolute Gasteiger partial charge is 0.231 e. The highest BCUT2D eigenvalue weighted by Crippen LogP contribution is 2.07. The van der Waals surface area contributed by atoms with Crippen molar-refractivity contribution in [3.05, 3.63) is 18.3 Å². The van der Waals surface area contributed by atoms with E-state index in [1.807, 2.05) is 26.2 Å². The number of hydrogen-bond donors (Lipinski definition) is 0. The van der Waals surface area contributed by atoms with Gasteiger partial charge in [-0.15, -0.1) is 5.10 Å². The third-order valence-corrected chi connectivity index (χ3v) is 3.27. The van der Waals surface area contributed by atoms with Crippen LogP contribution in [-0.4, -0.2) is 53.6 Å². The van der Waals surface area contributed by atoms with Crippen molar-refractivity contribution >= 4 is 19.1 Å². The predicted octanol–water partition coefficient (Wildman–Crippen LogP) is 0.0984. The molecule has 2 heterocycles. The molecule has 0 aliphatic carbocycles. The Morgan fingerprint density at radius 1 is 1.32 bits per heavy atom. The van der Waals surface area contributed by atoms with E-state index < -0.39 is 0 Å². The molecule has 5 nitrogen and oxygen atoms in total. The van der Waals surface area contributed by atoms with Gasteiger partial charge >= 0.3 is 0 Å². The number of fused-ring (bicyclic) bond motifs is 1. The van der Waals surface area contributed by atoms with Gasteiger partial charge in [-0.2, -0.15) is 0 Å². The fourth-order valence-electron chi connectivity index (χ4n) is 2.05. The zero-order valence-electron chi connectivity index (χ0n) is 12.0. The average Bonchev–Trinajstić information content (AvgIpc) is 2.80. The van der Waals surface area contributed by atoms with E-state index in [4.69, 9.17) is 4.74 Å². The molecule has 6 heteroatoms. The molecule has 0 N–H and O–H groups in total. The summed E-state index contributed by atoms with van der Waals surface area (Å²) in [7, 11) is 1.98. The molecule has 102 valence electrons. The van der Waals surface area contributed by atoms with Crippen molar-refractivity contribution < 1.29 is 4.74 Å². The molecule has 0 aliphatic heterocycles. The molecule has 0 saturated carbocycles. The van der Waals surface area contributed by atoms with Crippen LogP contribution >= 0.6 is 0 Å². The Hall–Kier alpha value is -1.56. The van der Waals surface area contributed by atoms with E-state index in [-0.39, 0.29) is 0 Å². The highest BCUT2D eigenvalue weighted by Gasteiger charge is 2.03. The van der Waals surface area contributed by atoms with Crippen LogP contribution < -0.4 is 10.3 Å². The van der Waals surface area contributed by atoms with E-state index >= 15 is 0 Å². The lowest BCUT2D eigenvalue weighted by molar-refractivity contribution is 0.242. The lowest BCUT2D eigenvalue weighted by Gasteiger charge is -2.17. The second kappa shape index (κ2) is 6.56. The van der Waals surface area contributed by atoms with Crippen LogP contribution in [0.4, 0.5) is 0 Å². The summed E-state index contributed by atoms with van der Waals surface area (Å²) in [6.45, 7) is 8.31. The van der Waals surface area contributed by atoms with Gasteiger partial charge in [0.1, 0.15) is 0 Å². The third kappa shape index (κ3) is 3.47. The van der Waals surface area contributed by atoms with Gasteiger partial charge in [-0.1, -0.05) is 13.8 Å². The summed E-state index contributed by atoms with van der Waals surface area (Å²) in [5, 5.41) is 4.41. The summed E-state index contributed by atoms with van der Waals surface area (Å²) in [5.74, 6) is 0.660. The SMILES string of the molecule is Bc1cnc2ccc(OCCCN(CC)CC)nn12. The zero-order valence-corrected chi connectivity index (χ0v) is 12.0. The van der Waals surface area contributed by atoms with Crippen LogP contribution in [0, 0.1) is 0 Å². The molecule has 2 aromatic rings. The lowest BCUT2D eigenvalue weighted by Crippen LogP contribution is -2.25. The monoisotopic (exact) mass is 260 g/mol. The molecule has 0 bridgehead atoms. The molecule has 0 radical (unpaired) electrons. The summed E-state index contributed by atoms with van der Waals surface area (Å²) in [5.41, 5.74) is 1.87. The van der Waals surface area contributed by atoms with Gasteiger partial charge in [0.05, 0.1) is 6.61 Å². The Morgan fingerprint density at radius 3 is 2.84 bits per heavy atom. The Bertz CT molecular complexity index is 524. The molecule has 0 fully saturated rings. The number of rotatable bonds is 7. The molecule has 0 aliphatic rings. The molecular formula is C13H21BN4O. The first-order valence-electron chi connectivity index (χ1n) is 6.91. The molecule has 19 heavy (non-hydrogen) atoms. The molecule has 0 saturated heterocycles. The Balaban J connectivity index is 1.86. The van der Waals surface area contributed by atoms with Gasteiger partial charge in [0.15, 0.2) is 13.5 Å². The molecule has 0 aromatic carbocycles. The van der Waals surface area contributed by atoms with Gasteiger partial charge in [-0.05, 0) is 25.6 Å². The number of imidazole rings is 1. The van der Waals surface area contributed by atoms with Crippen LogP contribution in [0.1, 0.15) is 20.3 Å². The van der Waals surface area contributed by atoms with Gasteiger partial charge < -0.3 is 9.64 Å². The number of nitrogens with zero attached hydrogens (tertiary/aromatic N) is 4. The standard InChI is InChI=1S/C13H21BN4O/c1-3-17(4-2)8-5-9-19-13-7-6-12-15-10-11(14)18(12)16-13/h6-7,10H,3-5,8-9,14H2,1-2H3. The molecule has 2 aromatic heterocycles. The minimum atomic E-state index is 0.660. The summed E-state index contributed by atoms with van der Waals surface area (Å²) in [6, 6.07) is 3.80. The normalized spacial score (nSPS) is 11.3. The summed E-state index contributed by atoms with van der Waals surface area (Å²) in [4.78, 5) is 6.63. The van der Waals surface area contributed by atoms with Crippen LogP contribution in [0.2, 0.25) is 0 Å². The van der Waals surface area contributed by atoms with Crippen molar-refractivity contribution in [2.75, 3.05) is 26.2 Å². The van der Waals surface area contributed by atoms with E-state index in [2.05, 4.69) is 28.8 Å². The maximum atomic E-state index is 5.69. The van der Waals surface area contributed by atoms with E-state index in [9.17, 15) is 0 Å². The second-order valence-electron chi connectivity index (χ2n) is 4.57. The number of hydrogen-bond acceptors (Lipinski definition) is 4. The van der Waals surface area contributed by atoms with E-state index in [0.29, 0.717) is 12.5 Å². The maximum Gasteiger partial charge on any atom is 0.231 e. The minimum absolute atomic E-state index is 0.660. The highest BCUT2D eigenvalue weighted by atomic mass is 16.5. The lowest BCUT2D eigenvalue weighted by atomic mass is 10.1. The Labute approximate surface area is 115 Å². The third-order valence-electron chi connectivity index (χ3n) is 3.27. The van der Waals surface area contributed by atoms with Crippen molar-refractivity contribution in [1.82, 2.24) is 19.5 Å². The molecule has 0 spiro atoms. The van der Waals surface area contributed by atoms with Crippen LogP contribution in [0.15, 0.2) is 18.3 Å².